The summed E-state index contributed by atoms with van der Waals surface area (Å²) in [6.07, 6.45) is 3.64. The average Bonchev–Trinajstić information content (AvgIpc) is 2.87. The van der Waals surface area contributed by atoms with Gasteiger partial charge in [0.1, 0.15) is 0 Å². The van der Waals surface area contributed by atoms with Gasteiger partial charge in [0.25, 0.3) is 0 Å². The van der Waals surface area contributed by atoms with Crippen LogP contribution in [0.3, 0.4) is 0 Å². The molecule has 0 fully saturated rings. The molecule has 98 valence electrons. The molecular formula is C14H13BrN2O2. The molecule has 3 rings (SSSR count). The lowest BCUT2D eigenvalue weighted by molar-refractivity contribution is 0.174. The Morgan fingerprint density at radius 1 is 1.21 bits per heavy atom. The Balaban J connectivity index is 1.64. The molecule has 0 saturated carbocycles. The van der Waals surface area contributed by atoms with Crippen LogP contribution in [0, 0.1) is 0 Å². The maximum Gasteiger partial charge on any atom is 0.231 e. The molecule has 2 aromatic rings. The third-order valence-electron chi connectivity index (χ3n) is 2.91. The highest BCUT2D eigenvalue weighted by Gasteiger charge is 2.15. The van der Waals surface area contributed by atoms with Gasteiger partial charge in [-0.2, -0.15) is 0 Å². The fourth-order valence-corrected chi connectivity index (χ4v) is 2.40. The molecule has 2 heterocycles. The molecule has 5 heteroatoms. The summed E-state index contributed by atoms with van der Waals surface area (Å²) in [6, 6.07) is 7.94. The van der Waals surface area contributed by atoms with E-state index in [2.05, 4.69) is 32.3 Å². The number of halogens is 1. The lowest BCUT2D eigenvalue weighted by Gasteiger charge is -2.08. The van der Waals surface area contributed by atoms with Gasteiger partial charge in [-0.15, -0.1) is 0 Å². The van der Waals surface area contributed by atoms with Crippen molar-refractivity contribution in [1.29, 1.82) is 0 Å². The van der Waals surface area contributed by atoms with Gasteiger partial charge in [-0.25, -0.2) is 0 Å². The summed E-state index contributed by atoms with van der Waals surface area (Å²) in [5.74, 6) is 1.60. The molecule has 0 unspecified atom stereocenters. The van der Waals surface area contributed by atoms with Gasteiger partial charge in [0.05, 0.1) is 0 Å². The first-order valence-electron chi connectivity index (χ1n) is 6.00. The predicted octanol–water partition coefficient (Wildman–Crippen LogP) is 2.86. The highest BCUT2D eigenvalue weighted by Crippen LogP contribution is 2.36. The number of fused-ring (bicyclic) bond motifs is 1. The molecule has 0 spiro atoms. The summed E-state index contributed by atoms with van der Waals surface area (Å²) in [5, 5.41) is 3.38. The van der Waals surface area contributed by atoms with Crippen molar-refractivity contribution in [2.75, 3.05) is 6.79 Å². The Hall–Kier alpha value is -1.59. The summed E-state index contributed by atoms with van der Waals surface area (Å²) in [4.78, 5) is 4.09. The molecule has 1 aromatic carbocycles. The van der Waals surface area contributed by atoms with Crippen molar-refractivity contribution in [3.8, 4) is 11.5 Å². The first-order valence-corrected chi connectivity index (χ1v) is 6.80. The van der Waals surface area contributed by atoms with Gasteiger partial charge in [0, 0.05) is 30.0 Å². The Labute approximate surface area is 119 Å². The zero-order valence-electron chi connectivity index (χ0n) is 10.2. The average molecular weight is 321 g/mol. The number of ether oxygens (including phenoxy) is 2. The second-order valence-electron chi connectivity index (χ2n) is 4.26. The van der Waals surface area contributed by atoms with Crippen molar-refractivity contribution < 1.29 is 9.47 Å². The number of hydrogen-bond donors (Lipinski definition) is 1. The number of pyridine rings is 1. The van der Waals surface area contributed by atoms with Crippen molar-refractivity contribution in [3.63, 3.8) is 0 Å². The van der Waals surface area contributed by atoms with Crippen molar-refractivity contribution in [1.82, 2.24) is 10.3 Å². The molecule has 0 bridgehead atoms. The van der Waals surface area contributed by atoms with Crippen LogP contribution in [0.2, 0.25) is 0 Å². The highest BCUT2D eigenvalue weighted by molar-refractivity contribution is 9.10. The Morgan fingerprint density at radius 2 is 2.05 bits per heavy atom. The lowest BCUT2D eigenvalue weighted by Crippen LogP contribution is -2.13. The van der Waals surface area contributed by atoms with Crippen molar-refractivity contribution in [3.05, 3.63) is 52.3 Å². The minimum absolute atomic E-state index is 0.300. The Bertz CT molecular complexity index is 575. The van der Waals surface area contributed by atoms with Gasteiger partial charge in [-0.1, -0.05) is 22.0 Å². The van der Waals surface area contributed by atoms with Crippen LogP contribution in [-0.4, -0.2) is 11.8 Å². The van der Waals surface area contributed by atoms with Crippen molar-refractivity contribution in [2.45, 2.75) is 13.1 Å². The maximum atomic E-state index is 5.38. The highest BCUT2D eigenvalue weighted by atomic mass is 79.9. The van der Waals surface area contributed by atoms with Gasteiger partial charge in [0.15, 0.2) is 11.5 Å². The molecule has 0 atom stereocenters. The van der Waals surface area contributed by atoms with Gasteiger partial charge in [-0.05, 0) is 29.3 Å². The van der Waals surface area contributed by atoms with E-state index >= 15 is 0 Å². The minimum atomic E-state index is 0.300. The van der Waals surface area contributed by atoms with E-state index in [4.69, 9.17) is 9.47 Å². The standard InChI is InChI=1S/C14H13BrN2O2/c15-12-5-14-13(18-9-19-14)4-11(12)8-17-7-10-2-1-3-16-6-10/h1-6,17H,7-9H2. The summed E-state index contributed by atoms with van der Waals surface area (Å²) >= 11 is 3.55. The van der Waals surface area contributed by atoms with Crippen LogP contribution >= 0.6 is 15.9 Å². The number of nitrogens with one attached hydrogen (secondary N) is 1. The Kier molecular flexibility index (Phi) is 3.66. The van der Waals surface area contributed by atoms with E-state index in [-0.39, 0.29) is 0 Å². The summed E-state index contributed by atoms with van der Waals surface area (Å²) in [7, 11) is 0. The van der Waals surface area contributed by atoms with Crippen LogP contribution < -0.4 is 14.8 Å². The van der Waals surface area contributed by atoms with Crippen LogP contribution in [0.5, 0.6) is 11.5 Å². The van der Waals surface area contributed by atoms with E-state index in [1.165, 1.54) is 5.56 Å². The number of rotatable bonds is 4. The third kappa shape index (κ3) is 2.88. The third-order valence-corrected chi connectivity index (χ3v) is 3.65. The van der Waals surface area contributed by atoms with Crippen LogP contribution in [0.25, 0.3) is 0 Å². The fourth-order valence-electron chi connectivity index (χ4n) is 1.94. The van der Waals surface area contributed by atoms with Crippen molar-refractivity contribution >= 4 is 15.9 Å². The second-order valence-corrected chi connectivity index (χ2v) is 5.12. The molecule has 1 N–H and O–H groups in total. The molecule has 0 saturated heterocycles. The smallest absolute Gasteiger partial charge is 0.231 e. The lowest BCUT2D eigenvalue weighted by atomic mass is 10.2. The quantitative estimate of drug-likeness (QED) is 0.940. The van der Waals surface area contributed by atoms with E-state index in [9.17, 15) is 0 Å². The molecule has 4 nitrogen and oxygen atoms in total. The van der Waals surface area contributed by atoms with Crippen LogP contribution in [0.1, 0.15) is 11.1 Å². The molecular weight excluding hydrogens is 308 g/mol. The van der Waals surface area contributed by atoms with Gasteiger partial charge in [0.2, 0.25) is 6.79 Å². The zero-order valence-corrected chi connectivity index (χ0v) is 11.8. The number of benzene rings is 1. The topological polar surface area (TPSA) is 43.4 Å². The molecule has 1 aliphatic heterocycles. The minimum Gasteiger partial charge on any atom is -0.454 e. The number of nitrogens with zero attached hydrogens (tertiary/aromatic N) is 1. The summed E-state index contributed by atoms with van der Waals surface area (Å²) in [6.45, 7) is 1.84. The normalized spacial score (nSPS) is 12.7. The van der Waals surface area contributed by atoms with Gasteiger partial charge in [-0.3, -0.25) is 4.98 Å². The van der Waals surface area contributed by atoms with Crippen LogP contribution in [-0.2, 0) is 13.1 Å². The van der Waals surface area contributed by atoms with E-state index in [0.29, 0.717) is 6.79 Å². The van der Waals surface area contributed by atoms with E-state index in [0.717, 1.165) is 34.6 Å². The van der Waals surface area contributed by atoms with Crippen molar-refractivity contribution in [2.24, 2.45) is 0 Å². The first-order chi connectivity index (χ1) is 9.33. The molecule has 0 radical (unpaired) electrons. The molecule has 19 heavy (non-hydrogen) atoms. The number of hydrogen-bond acceptors (Lipinski definition) is 4. The molecule has 1 aliphatic rings. The second kappa shape index (κ2) is 5.59. The van der Waals surface area contributed by atoms with Crippen LogP contribution in [0.15, 0.2) is 41.1 Å². The van der Waals surface area contributed by atoms with Crippen LogP contribution in [0.4, 0.5) is 0 Å². The van der Waals surface area contributed by atoms with E-state index in [1.54, 1.807) is 6.20 Å². The molecule has 0 amide bonds. The molecule has 0 aliphatic carbocycles. The zero-order chi connectivity index (χ0) is 13.1. The Morgan fingerprint density at radius 3 is 2.84 bits per heavy atom. The van der Waals surface area contributed by atoms with Gasteiger partial charge >= 0.3 is 0 Å². The van der Waals surface area contributed by atoms with E-state index < -0.39 is 0 Å². The maximum absolute atomic E-state index is 5.38. The summed E-state index contributed by atoms with van der Waals surface area (Å²) in [5.41, 5.74) is 2.31. The first kappa shape index (κ1) is 12.4. The largest absolute Gasteiger partial charge is 0.454 e. The predicted molar refractivity (Wildman–Crippen MR) is 75.0 cm³/mol. The fraction of sp³-hybridized carbons (Fsp3) is 0.214. The monoisotopic (exact) mass is 320 g/mol. The number of aromatic nitrogens is 1. The SMILES string of the molecule is Brc1cc2c(cc1CNCc1cccnc1)OCO2. The summed E-state index contributed by atoms with van der Waals surface area (Å²) < 4.78 is 11.7. The van der Waals surface area contributed by atoms with E-state index in [1.807, 2.05) is 24.4 Å². The molecule has 1 aromatic heterocycles. The van der Waals surface area contributed by atoms with Gasteiger partial charge < -0.3 is 14.8 Å².